The van der Waals surface area contributed by atoms with Gasteiger partial charge in [0.1, 0.15) is 22.7 Å². The van der Waals surface area contributed by atoms with Crippen LogP contribution in [0.25, 0.3) is 11.0 Å². The molecule has 1 atom stereocenters. The topological polar surface area (TPSA) is 72.5 Å². The molecule has 0 aliphatic carbocycles. The third-order valence-electron chi connectivity index (χ3n) is 4.43. The van der Waals surface area contributed by atoms with Gasteiger partial charge in [0.2, 0.25) is 0 Å². The summed E-state index contributed by atoms with van der Waals surface area (Å²) in [5.41, 5.74) is 0.428. The zero-order valence-electron chi connectivity index (χ0n) is 14.7. The molecule has 1 unspecified atom stereocenters. The van der Waals surface area contributed by atoms with Gasteiger partial charge in [-0.2, -0.15) is 0 Å². The van der Waals surface area contributed by atoms with Crippen LogP contribution in [0.5, 0.6) is 0 Å². The van der Waals surface area contributed by atoms with Gasteiger partial charge in [-0.25, -0.2) is 9.18 Å². The van der Waals surface area contributed by atoms with E-state index < -0.39 is 17.6 Å². The smallest absolute Gasteiger partial charge is 0.349 e. The van der Waals surface area contributed by atoms with E-state index in [1.807, 2.05) is 0 Å². The minimum absolute atomic E-state index is 0.0886. The molecule has 4 aromatic rings. The van der Waals surface area contributed by atoms with Crippen LogP contribution < -0.4 is 10.9 Å². The summed E-state index contributed by atoms with van der Waals surface area (Å²) in [6, 6.07) is 17.4. The van der Waals surface area contributed by atoms with Crippen molar-refractivity contribution in [2.24, 2.45) is 0 Å². The highest BCUT2D eigenvalue weighted by molar-refractivity contribution is 5.96. The van der Waals surface area contributed by atoms with E-state index in [-0.39, 0.29) is 11.4 Å². The van der Waals surface area contributed by atoms with Gasteiger partial charge >= 0.3 is 5.63 Å². The van der Waals surface area contributed by atoms with E-state index in [2.05, 4.69) is 5.32 Å². The molecule has 2 aromatic heterocycles. The number of benzene rings is 2. The predicted molar refractivity (Wildman–Crippen MR) is 102 cm³/mol. The maximum Gasteiger partial charge on any atom is 0.349 e. The van der Waals surface area contributed by atoms with E-state index in [9.17, 15) is 14.0 Å². The highest BCUT2D eigenvalue weighted by Crippen LogP contribution is 2.20. The molecular formula is C22H16FNO4. The third kappa shape index (κ3) is 3.71. The van der Waals surface area contributed by atoms with E-state index in [4.69, 9.17) is 8.83 Å². The normalized spacial score (nSPS) is 12.0. The molecule has 0 fully saturated rings. The summed E-state index contributed by atoms with van der Waals surface area (Å²) in [5, 5.41) is 3.47. The van der Waals surface area contributed by atoms with Gasteiger partial charge in [-0.3, -0.25) is 4.79 Å². The van der Waals surface area contributed by atoms with Gasteiger partial charge in [0.25, 0.3) is 5.91 Å². The molecule has 1 amide bonds. The highest BCUT2D eigenvalue weighted by atomic mass is 19.1. The second kappa shape index (κ2) is 7.52. The van der Waals surface area contributed by atoms with Gasteiger partial charge in [-0.15, -0.1) is 0 Å². The molecule has 4 rings (SSSR count). The number of carbonyl (C=O) groups is 1. The molecule has 2 aromatic carbocycles. The molecule has 2 heterocycles. The fourth-order valence-electron chi connectivity index (χ4n) is 3.02. The van der Waals surface area contributed by atoms with E-state index in [1.54, 1.807) is 48.5 Å². The van der Waals surface area contributed by atoms with E-state index >= 15 is 0 Å². The Morgan fingerprint density at radius 2 is 1.82 bits per heavy atom. The van der Waals surface area contributed by atoms with Gasteiger partial charge in [0.05, 0.1) is 12.3 Å². The molecule has 0 saturated heterocycles. The molecule has 5 nitrogen and oxygen atoms in total. The Bertz CT molecular complexity index is 1160. The number of nitrogens with one attached hydrogen (secondary N) is 1. The van der Waals surface area contributed by atoms with Crippen LogP contribution in [0.1, 0.15) is 27.7 Å². The van der Waals surface area contributed by atoms with Gasteiger partial charge < -0.3 is 14.2 Å². The second-order valence-corrected chi connectivity index (χ2v) is 6.36. The lowest BCUT2D eigenvalue weighted by Crippen LogP contribution is -2.32. The van der Waals surface area contributed by atoms with Crippen LogP contribution in [-0.4, -0.2) is 5.91 Å². The molecule has 0 aliphatic rings. The molecule has 0 spiro atoms. The first kappa shape index (κ1) is 17.7. The number of amides is 1. The molecule has 1 N–H and O–H groups in total. The monoisotopic (exact) mass is 377 g/mol. The number of carbonyl (C=O) groups excluding carboxylic acids is 1. The number of para-hydroxylation sites is 1. The quantitative estimate of drug-likeness (QED) is 0.528. The fourth-order valence-corrected chi connectivity index (χ4v) is 3.02. The van der Waals surface area contributed by atoms with Crippen LogP contribution in [0.15, 0.2) is 86.6 Å². The summed E-state index contributed by atoms with van der Waals surface area (Å²) in [4.78, 5) is 25.0. The van der Waals surface area contributed by atoms with E-state index in [0.717, 1.165) is 5.56 Å². The van der Waals surface area contributed by atoms with Crippen molar-refractivity contribution < 1.29 is 18.0 Å². The standard InChI is InChI=1S/C22H16FNO4/c23-16-9-7-14(8-10-16)12-18(20-6-3-11-27-20)24-21(25)17-13-15-4-1-2-5-19(15)28-22(17)26/h1-11,13,18H,12H2,(H,24,25). The lowest BCUT2D eigenvalue weighted by molar-refractivity contribution is 0.0928. The summed E-state index contributed by atoms with van der Waals surface area (Å²) < 4.78 is 23.8. The third-order valence-corrected chi connectivity index (χ3v) is 4.43. The first-order chi connectivity index (χ1) is 13.6. The number of fused-ring (bicyclic) bond motifs is 1. The number of furan rings is 1. The molecule has 0 aliphatic heterocycles. The van der Waals surface area contributed by atoms with Gasteiger partial charge in [-0.05, 0) is 48.4 Å². The van der Waals surface area contributed by atoms with Crippen molar-refractivity contribution >= 4 is 16.9 Å². The molecule has 0 saturated carbocycles. The molecule has 6 heteroatoms. The average Bonchev–Trinajstić information content (AvgIpc) is 3.23. The summed E-state index contributed by atoms with van der Waals surface area (Å²) in [5.74, 6) is -0.373. The Morgan fingerprint density at radius 1 is 1.04 bits per heavy atom. The number of halogens is 1. The van der Waals surface area contributed by atoms with Gasteiger partial charge in [0, 0.05) is 5.39 Å². The maximum absolute atomic E-state index is 13.2. The Labute approximate surface area is 159 Å². The first-order valence-corrected chi connectivity index (χ1v) is 8.72. The molecule has 0 bridgehead atoms. The van der Waals surface area contributed by atoms with Gasteiger partial charge in [-0.1, -0.05) is 30.3 Å². The number of hydrogen-bond donors (Lipinski definition) is 1. The summed E-state index contributed by atoms with van der Waals surface area (Å²) in [7, 11) is 0. The zero-order chi connectivity index (χ0) is 19.5. The Hall–Kier alpha value is -3.67. The van der Waals surface area contributed by atoms with E-state index in [1.165, 1.54) is 24.5 Å². The zero-order valence-corrected chi connectivity index (χ0v) is 14.7. The lowest BCUT2D eigenvalue weighted by Gasteiger charge is -2.17. The van der Waals surface area contributed by atoms with Crippen molar-refractivity contribution in [1.82, 2.24) is 5.32 Å². The summed E-state index contributed by atoms with van der Waals surface area (Å²) in [6.45, 7) is 0. The van der Waals surface area contributed by atoms with Crippen LogP contribution in [0, 0.1) is 5.82 Å². The van der Waals surface area contributed by atoms with E-state index in [0.29, 0.717) is 23.2 Å². The highest BCUT2D eigenvalue weighted by Gasteiger charge is 2.21. The van der Waals surface area contributed by atoms with Crippen LogP contribution >= 0.6 is 0 Å². The molecule has 140 valence electrons. The number of hydrogen-bond acceptors (Lipinski definition) is 4. The second-order valence-electron chi connectivity index (χ2n) is 6.36. The lowest BCUT2D eigenvalue weighted by atomic mass is 10.0. The Balaban J connectivity index is 1.63. The fraction of sp³-hybridized carbons (Fsp3) is 0.0909. The molecular weight excluding hydrogens is 361 g/mol. The van der Waals surface area contributed by atoms with Crippen LogP contribution in [0.3, 0.4) is 0 Å². The predicted octanol–water partition coefficient (Wildman–Crippen LogP) is 4.24. The summed E-state index contributed by atoms with van der Waals surface area (Å²) >= 11 is 0. The average molecular weight is 377 g/mol. The van der Waals surface area contributed by atoms with Crippen molar-refractivity contribution in [3.63, 3.8) is 0 Å². The van der Waals surface area contributed by atoms with Crippen LogP contribution in [0.4, 0.5) is 4.39 Å². The SMILES string of the molecule is O=C(NC(Cc1ccc(F)cc1)c1ccco1)c1cc2ccccc2oc1=O. The molecule has 28 heavy (non-hydrogen) atoms. The van der Waals surface area contributed by atoms with Crippen LogP contribution in [0.2, 0.25) is 0 Å². The van der Waals surface area contributed by atoms with Crippen molar-refractivity contribution in [2.45, 2.75) is 12.5 Å². The molecule has 0 radical (unpaired) electrons. The van der Waals surface area contributed by atoms with Gasteiger partial charge in [0.15, 0.2) is 0 Å². The Kier molecular flexibility index (Phi) is 4.76. The number of rotatable bonds is 5. The van der Waals surface area contributed by atoms with Crippen molar-refractivity contribution in [1.29, 1.82) is 0 Å². The first-order valence-electron chi connectivity index (χ1n) is 8.72. The minimum Gasteiger partial charge on any atom is -0.467 e. The maximum atomic E-state index is 13.2. The largest absolute Gasteiger partial charge is 0.467 e. The van der Waals surface area contributed by atoms with Crippen molar-refractivity contribution in [2.75, 3.05) is 0 Å². The summed E-state index contributed by atoms with van der Waals surface area (Å²) in [6.07, 6.45) is 1.88. The Morgan fingerprint density at radius 3 is 2.57 bits per heavy atom. The van der Waals surface area contributed by atoms with Crippen molar-refractivity contribution in [3.05, 3.63) is 106 Å². The minimum atomic E-state index is -0.712. The van der Waals surface area contributed by atoms with Crippen molar-refractivity contribution in [3.8, 4) is 0 Å². The van der Waals surface area contributed by atoms with Crippen LogP contribution in [-0.2, 0) is 6.42 Å².